The summed E-state index contributed by atoms with van der Waals surface area (Å²) in [5, 5.41) is 4.38. The van der Waals surface area contributed by atoms with E-state index in [-0.39, 0.29) is 11.0 Å². The minimum Gasteiger partial charge on any atom is -0.375 e. The second-order valence-electron chi connectivity index (χ2n) is 8.81. The lowest BCUT2D eigenvalue weighted by Crippen LogP contribution is -2.42. The van der Waals surface area contributed by atoms with Gasteiger partial charge in [-0.15, -0.1) is 0 Å². The Morgan fingerprint density at radius 1 is 1.00 bits per heavy atom. The average molecular weight is 353 g/mol. The largest absolute Gasteiger partial charge is 0.375 e. The van der Waals surface area contributed by atoms with Crippen LogP contribution < -0.4 is 0 Å². The first kappa shape index (κ1) is 21.7. The van der Waals surface area contributed by atoms with Crippen molar-refractivity contribution in [3.05, 3.63) is 22.4 Å². The predicted molar refractivity (Wildman–Crippen MR) is 109 cm³/mol. The summed E-state index contributed by atoms with van der Waals surface area (Å²) in [4.78, 5) is 0. The Kier molecular flexibility index (Phi) is 9.59. The van der Waals surface area contributed by atoms with Crippen molar-refractivity contribution in [1.29, 1.82) is 0 Å². The first-order valence-corrected chi connectivity index (χ1v) is 10.9. The summed E-state index contributed by atoms with van der Waals surface area (Å²) in [6, 6.07) is 2.21. The standard InChI is InChI=1S/C22H40OS/c1-7-8-9-10-11-12-13-20(21(2,3)4)22(5,6)23-16-14-19-15-17-24-18-19/h15,17-18,20H,7-14,16H2,1-6H3. The van der Waals surface area contributed by atoms with Gasteiger partial charge in [-0.2, -0.15) is 11.3 Å². The molecule has 0 aliphatic carbocycles. The van der Waals surface area contributed by atoms with Gasteiger partial charge < -0.3 is 4.74 Å². The molecule has 0 aliphatic rings. The molecule has 2 heteroatoms. The van der Waals surface area contributed by atoms with E-state index in [0.717, 1.165) is 13.0 Å². The molecule has 0 radical (unpaired) electrons. The van der Waals surface area contributed by atoms with Crippen LogP contribution >= 0.6 is 11.3 Å². The van der Waals surface area contributed by atoms with E-state index in [1.807, 2.05) is 0 Å². The first-order valence-electron chi connectivity index (χ1n) is 9.92. The van der Waals surface area contributed by atoms with Crippen LogP contribution in [0.4, 0.5) is 0 Å². The maximum Gasteiger partial charge on any atom is 0.0659 e. The second-order valence-corrected chi connectivity index (χ2v) is 9.59. The van der Waals surface area contributed by atoms with E-state index in [9.17, 15) is 0 Å². The Morgan fingerprint density at radius 3 is 2.25 bits per heavy atom. The third kappa shape index (κ3) is 8.16. The smallest absolute Gasteiger partial charge is 0.0659 e. The average Bonchev–Trinajstić information content (AvgIpc) is 2.97. The summed E-state index contributed by atoms with van der Waals surface area (Å²) in [7, 11) is 0. The molecule has 1 nitrogen and oxygen atoms in total. The molecule has 0 aromatic carbocycles. The topological polar surface area (TPSA) is 9.23 Å². The van der Waals surface area contributed by atoms with Crippen LogP contribution in [0.15, 0.2) is 16.8 Å². The van der Waals surface area contributed by atoms with Crippen LogP contribution in [0.25, 0.3) is 0 Å². The number of thiophene rings is 1. The highest BCUT2D eigenvalue weighted by Crippen LogP contribution is 2.40. The highest BCUT2D eigenvalue weighted by Gasteiger charge is 2.38. The molecule has 0 spiro atoms. The third-order valence-electron chi connectivity index (χ3n) is 5.18. The zero-order valence-electron chi connectivity index (χ0n) is 17.0. The Bertz CT molecular complexity index is 414. The highest BCUT2D eigenvalue weighted by atomic mass is 32.1. The van der Waals surface area contributed by atoms with Gasteiger partial charge in [0.15, 0.2) is 0 Å². The Hall–Kier alpha value is -0.340. The van der Waals surface area contributed by atoms with Crippen molar-refractivity contribution in [1.82, 2.24) is 0 Å². The van der Waals surface area contributed by atoms with Gasteiger partial charge in [0, 0.05) is 0 Å². The zero-order chi connectivity index (χ0) is 18.1. The molecule has 1 rings (SSSR count). The number of rotatable bonds is 12. The van der Waals surface area contributed by atoms with Crippen molar-refractivity contribution < 1.29 is 4.74 Å². The van der Waals surface area contributed by atoms with Crippen LogP contribution in [0.1, 0.15) is 92.1 Å². The molecule has 1 aromatic heterocycles. The van der Waals surface area contributed by atoms with Gasteiger partial charge in [-0.1, -0.05) is 66.2 Å². The van der Waals surface area contributed by atoms with Crippen molar-refractivity contribution in [2.24, 2.45) is 11.3 Å². The lowest BCUT2D eigenvalue weighted by molar-refractivity contribution is -0.0943. The second kappa shape index (κ2) is 10.6. The lowest BCUT2D eigenvalue weighted by Gasteiger charge is -2.43. The molecular weight excluding hydrogens is 312 g/mol. The molecular formula is C22H40OS. The minimum absolute atomic E-state index is 0.0578. The summed E-state index contributed by atoms with van der Waals surface area (Å²) in [6.07, 6.45) is 10.5. The number of unbranched alkanes of at least 4 members (excludes halogenated alkanes) is 5. The normalized spacial score (nSPS) is 14.1. The molecule has 1 unspecified atom stereocenters. The summed E-state index contributed by atoms with van der Waals surface area (Å²) >= 11 is 1.77. The molecule has 1 aromatic rings. The van der Waals surface area contributed by atoms with Crippen molar-refractivity contribution in [3.63, 3.8) is 0 Å². The molecule has 0 saturated carbocycles. The number of hydrogen-bond acceptors (Lipinski definition) is 2. The molecule has 0 N–H and O–H groups in total. The fraction of sp³-hybridized carbons (Fsp3) is 0.818. The van der Waals surface area contributed by atoms with Crippen molar-refractivity contribution in [3.8, 4) is 0 Å². The van der Waals surface area contributed by atoms with Crippen LogP contribution in [0.3, 0.4) is 0 Å². The van der Waals surface area contributed by atoms with E-state index >= 15 is 0 Å². The van der Waals surface area contributed by atoms with E-state index in [0.29, 0.717) is 5.92 Å². The molecule has 0 saturated heterocycles. The van der Waals surface area contributed by atoms with E-state index in [1.54, 1.807) is 11.3 Å². The fourth-order valence-corrected chi connectivity index (χ4v) is 4.62. The van der Waals surface area contributed by atoms with Crippen LogP contribution in [0, 0.1) is 11.3 Å². The molecule has 140 valence electrons. The van der Waals surface area contributed by atoms with Crippen LogP contribution in [0.2, 0.25) is 0 Å². The van der Waals surface area contributed by atoms with Gasteiger partial charge >= 0.3 is 0 Å². The molecule has 0 aliphatic heterocycles. The monoisotopic (exact) mass is 352 g/mol. The Labute approximate surface area is 155 Å². The highest BCUT2D eigenvalue weighted by molar-refractivity contribution is 7.07. The zero-order valence-corrected chi connectivity index (χ0v) is 17.8. The van der Waals surface area contributed by atoms with Crippen LogP contribution in [-0.4, -0.2) is 12.2 Å². The van der Waals surface area contributed by atoms with Crippen molar-refractivity contribution >= 4 is 11.3 Å². The van der Waals surface area contributed by atoms with Gasteiger partial charge in [-0.25, -0.2) is 0 Å². The lowest BCUT2D eigenvalue weighted by atomic mass is 9.69. The summed E-state index contributed by atoms with van der Waals surface area (Å²) < 4.78 is 6.39. The third-order valence-corrected chi connectivity index (χ3v) is 5.91. The van der Waals surface area contributed by atoms with Gasteiger partial charge in [0.1, 0.15) is 0 Å². The van der Waals surface area contributed by atoms with Crippen molar-refractivity contribution in [2.45, 2.75) is 98.5 Å². The molecule has 24 heavy (non-hydrogen) atoms. The number of hydrogen-bond donors (Lipinski definition) is 0. The minimum atomic E-state index is -0.0578. The van der Waals surface area contributed by atoms with Gasteiger partial charge in [-0.3, -0.25) is 0 Å². The van der Waals surface area contributed by atoms with Crippen molar-refractivity contribution in [2.75, 3.05) is 6.61 Å². The van der Waals surface area contributed by atoms with E-state index < -0.39 is 0 Å². The molecule has 1 heterocycles. The molecule has 0 amide bonds. The molecule has 0 bridgehead atoms. The summed E-state index contributed by atoms with van der Waals surface area (Å²) in [6.45, 7) is 14.8. The molecule has 1 atom stereocenters. The maximum absolute atomic E-state index is 6.39. The van der Waals surface area contributed by atoms with Crippen LogP contribution in [0.5, 0.6) is 0 Å². The quantitative estimate of drug-likeness (QED) is 0.354. The van der Waals surface area contributed by atoms with E-state index in [2.05, 4.69) is 58.4 Å². The van der Waals surface area contributed by atoms with Gasteiger partial charge in [0.05, 0.1) is 12.2 Å². The SMILES string of the molecule is CCCCCCCCC(C(C)(C)C)C(C)(C)OCCc1ccsc1. The van der Waals surface area contributed by atoms with Crippen LogP contribution in [-0.2, 0) is 11.2 Å². The first-order chi connectivity index (χ1) is 11.3. The van der Waals surface area contributed by atoms with Gasteiger partial charge in [0.25, 0.3) is 0 Å². The van der Waals surface area contributed by atoms with Gasteiger partial charge in [-0.05, 0) is 60.4 Å². The van der Waals surface area contributed by atoms with E-state index in [4.69, 9.17) is 4.74 Å². The number of ether oxygens (including phenoxy) is 1. The van der Waals surface area contributed by atoms with Gasteiger partial charge in [0.2, 0.25) is 0 Å². The Morgan fingerprint density at radius 2 is 1.67 bits per heavy atom. The maximum atomic E-state index is 6.39. The van der Waals surface area contributed by atoms with E-state index in [1.165, 1.54) is 50.5 Å². The summed E-state index contributed by atoms with van der Waals surface area (Å²) in [5.74, 6) is 0.596. The molecule has 0 fully saturated rings. The predicted octanol–water partition coefficient (Wildman–Crippen LogP) is 7.50. The summed E-state index contributed by atoms with van der Waals surface area (Å²) in [5.41, 5.74) is 1.63. The Balaban J connectivity index is 2.45. The fourth-order valence-electron chi connectivity index (χ4n) is 3.92.